The highest BCUT2D eigenvalue weighted by molar-refractivity contribution is 6.00. The molecule has 7 heteroatoms. The molecule has 0 radical (unpaired) electrons. The molecule has 0 spiro atoms. The molecule has 2 aliphatic rings. The van der Waals surface area contributed by atoms with E-state index in [1.54, 1.807) is 36.4 Å². The molecule has 0 aliphatic carbocycles. The zero-order valence-electron chi connectivity index (χ0n) is 12.8. The van der Waals surface area contributed by atoms with Crippen LogP contribution in [0.1, 0.15) is 0 Å². The van der Waals surface area contributed by atoms with Gasteiger partial charge in [0, 0.05) is 23.5 Å². The number of urea groups is 1. The lowest BCUT2D eigenvalue weighted by Gasteiger charge is -2.20. The monoisotopic (exact) mass is 328 g/mol. The number of amides is 2. The number of rotatable bonds is 2. The normalized spacial score (nSPS) is 14.7. The summed E-state index contributed by atoms with van der Waals surface area (Å²) in [5.41, 5.74) is 1.24. The smallest absolute Gasteiger partial charge is 0.323 e. The van der Waals surface area contributed by atoms with Gasteiger partial charge in [-0.3, -0.25) is 0 Å². The van der Waals surface area contributed by atoms with Crippen LogP contribution in [-0.4, -0.2) is 32.5 Å². The standard InChI is InChI=1S/C17H16N2O5/c20-17(18-11-1-3-13-15(9-11)23-7-5-21-13)19-12-2-4-14-16(10-12)24-8-6-22-14/h1-4,9-10H,5-8H2,(H2,18,19,20). The zero-order valence-corrected chi connectivity index (χ0v) is 12.8. The van der Waals surface area contributed by atoms with Gasteiger partial charge in [-0.15, -0.1) is 0 Å². The molecule has 4 rings (SSSR count). The highest BCUT2D eigenvalue weighted by Crippen LogP contribution is 2.34. The minimum atomic E-state index is -0.358. The molecular weight excluding hydrogens is 312 g/mol. The maximum Gasteiger partial charge on any atom is 0.323 e. The van der Waals surface area contributed by atoms with Crippen molar-refractivity contribution < 1.29 is 23.7 Å². The van der Waals surface area contributed by atoms with Gasteiger partial charge in [-0.05, 0) is 24.3 Å². The Hall–Kier alpha value is -3.09. The molecule has 0 saturated carbocycles. The summed E-state index contributed by atoms with van der Waals surface area (Å²) < 4.78 is 21.9. The van der Waals surface area contributed by atoms with E-state index in [1.807, 2.05) is 0 Å². The number of anilines is 2. The molecule has 2 aromatic rings. The largest absolute Gasteiger partial charge is 0.486 e. The molecule has 124 valence electrons. The quantitative estimate of drug-likeness (QED) is 0.886. The molecule has 2 N–H and O–H groups in total. The van der Waals surface area contributed by atoms with E-state index >= 15 is 0 Å². The van der Waals surface area contributed by atoms with Gasteiger partial charge in [-0.2, -0.15) is 0 Å². The molecule has 2 aromatic carbocycles. The van der Waals surface area contributed by atoms with Gasteiger partial charge in [0.15, 0.2) is 23.0 Å². The first kappa shape index (κ1) is 14.5. The fraction of sp³-hybridized carbons (Fsp3) is 0.235. The Morgan fingerprint density at radius 1 is 0.667 bits per heavy atom. The summed E-state index contributed by atoms with van der Waals surface area (Å²) in [4.78, 5) is 12.2. The highest BCUT2D eigenvalue weighted by atomic mass is 16.6. The summed E-state index contributed by atoms with van der Waals surface area (Å²) >= 11 is 0. The molecule has 7 nitrogen and oxygen atoms in total. The second kappa shape index (κ2) is 6.19. The number of carbonyl (C=O) groups excluding carboxylic acids is 1. The maximum atomic E-state index is 12.2. The number of nitrogens with one attached hydrogen (secondary N) is 2. The Balaban J connectivity index is 1.43. The van der Waals surface area contributed by atoms with Crippen LogP contribution in [0.2, 0.25) is 0 Å². The molecule has 24 heavy (non-hydrogen) atoms. The van der Waals surface area contributed by atoms with Crippen molar-refractivity contribution in [3.05, 3.63) is 36.4 Å². The first-order chi connectivity index (χ1) is 11.8. The minimum absolute atomic E-state index is 0.358. The van der Waals surface area contributed by atoms with Gasteiger partial charge >= 0.3 is 6.03 Å². The summed E-state index contributed by atoms with van der Waals surface area (Å²) in [7, 11) is 0. The van der Waals surface area contributed by atoms with Crippen molar-refractivity contribution in [1.82, 2.24) is 0 Å². The topological polar surface area (TPSA) is 78.1 Å². The van der Waals surface area contributed by atoms with Crippen molar-refractivity contribution in [2.45, 2.75) is 0 Å². The van der Waals surface area contributed by atoms with Crippen LogP contribution < -0.4 is 29.6 Å². The zero-order chi connectivity index (χ0) is 16.4. The number of benzene rings is 2. The van der Waals surface area contributed by atoms with Gasteiger partial charge in [0.25, 0.3) is 0 Å². The second-order valence-corrected chi connectivity index (χ2v) is 5.30. The van der Waals surface area contributed by atoms with E-state index in [1.165, 1.54) is 0 Å². The van der Waals surface area contributed by atoms with Crippen molar-refractivity contribution >= 4 is 17.4 Å². The molecule has 0 atom stereocenters. The molecule has 0 bridgehead atoms. The van der Waals surface area contributed by atoms with E-state index in [2.05, 4.69) is 10.6 Å². The van der Waals surface area contributed by atoms with Gasteiger partial charge in [0.1, 0.15) is 26.4 Å². The lowest BCUT2D eigenvalue weighted by atomic mass is 10.2. The van der Waals surface area contributed by atoms with E-state index in [9.17, 15) is 4.79 Å². The van der Waals surface area contributed by atoms with E-state index in [4.69, 9.17) is 18.9 Å². The van der Waals surface area contributed by atoms with Crippen LogP contribution in [0.3, 0.4) is 0 Å². The number of fused-ring (bicyclic) bond motifs is 2. The van der Waals surface area contributed by atoms with Crippen LogP contribution in [0.4, 0.5) is 16.2 Å². The molecule has 2 aliphatic heterocycles. The van der Waals surface area contributed by atoms with Crippen LogP contribution in [0, 0.1) is 0 Å². The minimum Gasteiger partial charge on any atom is -0.486 e. The third kappa shape index (κ3) is 3.01. The molecular formula is C17H16N2O5. The van der Waals surface area contributed by atoms with E-state index in [-0.39, 0.29) is 6.03 Å². The summed E-state index contributed by atoms with van der Waals surface area (Å²) in [5.74, 6) is 2.61. The SMILES string of the molecule is O=C(Nc1ccc2c(c1)OCCO2)Nc1ccc2c(c1)OCCO2. The lowest BCUT2D eigenvalue weighted by molar-refractivity contribution is 0.171. The first-order valence-corrected chi connectivity index (χ1v) is 7.65. The van der Waals surface area contributed by atoms with Crippen LogP contribution in [0.25, 0.3) is 0 Å². The number of carbonyl (C=O) groups is 1. The van der Waals surface area contributed by atoms with Crippen LogP contribution in [0.5, 0.6) is 23.0 Å². The Morgan fingerprint density at radius 2 is 1.08 bits per heavy atom. The Kier molecular flexibility index (Phi) is 3.74. The Bertz CT molecular complexity index is 714. The van der Waals surface area contributed by atoms with E-state index < -0.39 is 0 Å². The van der Waals surface area contributed by atoms with Gasteiger partial charge in [-0.1, -0.05) is 0 Å². The van der Waals surface area contributed by atoms with Crippen molar-refractivity contribution in [3.63, 3.8) is 0 Å². The summed E-state index contributed by atoms with van der Waals surface area (Å²) in [6.45, 7) is 2.06. The molecule has 0 unspecified atom stereocenters. The van der Waals surface area contributed by atoms with Gasteiger partial charge < -0.3 is 29.6 Å². The molecule has 0 fully saturated rings. The average Bonchev–Trinajstić information content (AvgIpc) is 2.61. The second-order valence-electron chi connectivity index (χ2n) is 5.30. The number of ether oxygens (including phenoxy) is 4. The van der Waals surface area contributed by atoms with Crippen molar-refractivity contribution in [3.8, 4) is 23.0 Å². The van der Waals surface area contributed by atoms with Crippen molar-refractivity contribution in [1.29, 1.82) is 0 Å². The molecule has 0 saturated heterocycles. The van der Waals surface area contributed by atoms with Gasteiger partial charge in [-0.25, -0.2) is 4.79 Å². The fourth-order valence-electron chi connectivity index (χ4n) is 2.54. The predicted molar refractivity (Wildman–Crippen MR) is 87.5 cm³/mol. The highest BCUT2D eigenvalue weighted by Gasteiger charge is 2.14. The third-order valence-corrected chi connectivity index (χ3v) is 3.60. The lowest BCUT2D eigenvalue weighted by Crippen LogP contribution is -2.21. The number of hydrogen-bond acceptors (Lipinski definition) is 5. The Labute approximate surface area is 138 Å². The third-order valence-electron chi connectivity index (χ3n) is 3.60. The fourth-order valence-corrected chi connectivity index (χ4v) is 2.54. The van der Waals surface area contributed by atoms with E-state index in [0.717, 1.165) is 0 Å². The van der Waals surface area contributed by atoms with Crippen LogP contribution in [0.15, 0.2) is 36.4 Å². The summed E-state index contributed by atoms with van der Waals surface area (Å²) in [6, 6.07) is 10.2. The maximum absolute atomic E-state index is 12.2. The van der Waals surface area contributed by atoms with Crippen molar-refractivity contribution in [2.75, 3.05) is 37.1 Å². The average molecular weight is 328 g/mol. The first-order valence-electron chi connectivity index (χ1n) is 7.65. The van der Waals surface area contributed by atoms with Crippen LogP contribution >= 0.6 is 0 Å². The van der Waals surface area contributed by atoms with Gasteiger partial charge in [0.05, 0.1) is 0 Å². The summed E-state index contributed by atoms with van der Waals surface area (Å²) in [6.07, 6.45) is 0. The molecule has 2 amide bonds. The number of hydrogen-bond donors (Lipinski definition) is 2. The van der Waals surface area contributed by atoms with Crippen LogP contribution in [-0.2, 0) is 0 Å². The molecule has 2 heterocycles. The summed E-state index contributed by atoms with van der Waals surface area (Å²) in [5, 5.41) is 5.53. The van der Waals surface area contributed by atoms with Crippen molar-refractivity contribution in [2.24, 2.45) is 0 Å². The predicted octanol–water partition coefficient (Wildman–Crippen LogP) is 2.87. The molecule has 0 aromatic heterocycles. The van der Waals surface area contributed by atoms with Gasteiger partial charge in [0.2, 0.25) is 0 Å². The van der Waals surface area contributed by atoms with E-state index in [0.29, 0.717) is 60.8 Å². The Morgan fingerprint density at radius 3 is 1.54 bits per heavy atom.